The molecule has 0 spiro atoms. The summed E-state index contributed by atoms with van der Waals surface area (Å²) in [6, 6.07) is 12.0. The molecule has 1 amide bonds. The second kappa shape index (κ2) is 10.8. The van der Waals surface area contributed by atoms with Crippen molar-refractivity contribution in [3.63, 3.8) is 0 Å². The zero-order chi connectivity index (χ0) is 24.1. The van der Waals surface area contributed by atoms with Crippen molar-refractivity contribution in [2.75, 3.05) is 37.7 Å². The van der Waals surface area contributed by atoms with Crippen LogP contribution in [0, 0.1) is 6.92 Å². The lowest BCUT2D eigenvalue weighted by molar-refractivity contribution is -0.132. The zero-order valence-electron chi connectivity index (χ0n) is 20.3. The lowest BCUT2D eigenvalue weighted by Crippen LogP contribution is -2.49. The summed E-state index contributed by atoms with van der Waals surface area (Å²) in [5.74, 6) is 0.316. The third kappa shape index (κ3) is 5.46. The van der Waals surface area contributed by atoms with Crippen molar-refractivity contribution in [1.29, 1.82) is 0 Å². The fraction of sp³-hybridized carbons (Fsp3) is 0.423. The number of nitrogens with one attached hydrogen (secondary N) is 2. The van der Waals surface area contributed by atoms with Gasteiger partial charge in [-0.25, -0.2) is 10.5 Å². The van der Waals surface area contributed by atoms with Crippen molar-refractivity contribution in [2.45, 2.75) is 40.0 Å². The number of piperazine rings is 1. The number of carbonyl (C=O) groups is 2. The van der Waals surface area contributed by atoms with E-state index in [-0.39, 0.29) is 11.7 Å². The SMILES string of the molecule is CCc1c(C(C)=O)ccc(CCN2CCN(C(=O)Cc3ccc(N4C=NNN4)cc3)CC2)c1C. The van der Waals surface area contributed by atoms with Crippen LogP contribution in [0.2, 0.25) is 0 Å². The van der Waals surface area contributed by atoms with E-state index in [1.807, 2.05) is 35.2 Å². The number of rotatable bonds is 8. The molecule has 8 nitrogen and oxygen atoms in total. The van der Waals surface area contributed by atoms with Crippen molar-refractivity contribution in [2.24, 2.45) is 5.10 Å². The Balaban J connectivity index is 1.25. The summed E-state index contributed by atoms with van der Waals surface area (Å²) in [4.78, 5) is 29.1. The summed E-state index contributed by atoms with van der Waals surface area (Å²) in [5.41, 5.74) is 12.1. The first-order chi connectivity index (χ1) is 16.5. The van der Waals surface area contributed by atoms with Gasteiger partial charge in [0.1, 0.15) is 6.34 Å². The molecule has 0 radical (unpaired) electrons. The van der Waals surface area contributed by atoms with Crippen LogP contribution in [0.15, 0.2) is 41.5 Å². The Kier molecular flexibility index (Phi) is 7.59. The van der Waals surface area contributed by atoms with E-state index >= 15 is 0 Å². The molecule has 2 aromatic rings. The maximum Gasteiger partial charge on any atom is 0.227 e. The number of hydrogen-bond acceptors (Lipinski definition) is 7. The molecule has 8 heteroatoms. The number of hydrazine groups is 2. The molecular formula is C26H34N6O2. The number of Topliss-reactive ketones (excluding diaryl/α,β-unsaturated/α-hetero) is 1. The molecular weight excluding hydrogens is 428 g/mol. The summed E-state index contributed by atoms with van der Waals surface area (Å²) < 4.78 is 0. The number of hydrazone groups is 1. The molecule has 0 bridgehead atoms. The third-order valence-electron chi connectivity index (χ3n) is 6.84. The maximum absolute atomic E-state index is 12.8. The summed E-state index contributed by atoms with van der Waals surface area (Å²) in [7, 11) is 0. The van der Waals surface area contributed by atoms with Crippen LogP contribution < -0.4 is 16.1 Å². The van der Waals surface area contributed by atoms with Crippen molar-refractivity contribution in [3.8, 4) is 0 Å². The standard InChI is InChI=1S/C26H34N6O2/c1-4-24-19(2)22(7-10-25(24)20(3)33)11-12-30-13-15-31(16-14-30)26(34)17-21-5-8-23(9-6-21)32-18-27-28-29-32/h5-10,18,28-29H,4,11-17H2,1-3H3. The van der Waals surface area contributed by atoms with Gasteiger partial charge in [0.05, 0.1) is 12.1 Å². The van der Waals surface area contributed by atoms with E-state index < -0.39 is 0 Å². The molecule has 34 heavy (non-hydrogen) atoms. The van der Waals surface area contributed by atoms with Crippen LogP contribution in [-0.2, 0) is 24.1 Å². The van der Waals surface area contributed by atoms with E-state index in [1.54, 1.807) is 18.3 Å². The number of benzene rings is 2. The number of amides is 1. The predicted octanol–water partition coefficient (Wildman–Crippen LogP) is 2.46. The first-order valence-corrected chi connectivity index (χ1v) is 12.0. The van der Waals surface area contributed by atoms with E-state index in [0.717, 1.165) is 62.4 Å². The van der Waals surface area contributed by atoms with E-state index in [0.29, 0.717) is 6.42 Å². The van der Waals surface area contributed by atoms with Crippen LogP contribution in [-0.4, -0.2) is 60.6 Å². The Hall–Kier alpha value is -3.23. The summed E-state index contributed by atoms with van der Waals surface area (Å²) in [5, 5.41) is 5.66. The Morgan fingerprint density at radius 2 is 1.76 bits per heavy atom. The van der Waals surface area contributed by atoms with Gasteiger partial charge in [-0.15, -0.1) is 5.53 Å². The smallest absolute Gasteiger partial charge is 0.227 e. The van der Waals surface area contributed by atoms with Gasteiger partial charge in [0.15, 0.2) is 5.78 Å². The minimum absolute atomic E-state index is 0.138. The van der Waals surface area contributed by atoms with Gasteiger partial charge in [0, 0.05) is 38.3 Å². The third-order valence-corrected chi connectivity index (χ3v) is 6.84. The number of ketones is 1. The lowest BCUT2D eigenvalue weighted by atomic mass is 9.92. The molecule has 4 rings (SSSR count). The predicted molar refractivity (Wildman–Crippen MR) is 135 cm³/mol. The summed E-state index contributed by atoms with van der Waals surface area (Å²) in [6.07, 6.45) is 3.91. The molecule has 0 atom stereocenters. The van der Waals surface area contributed by atoms with Gasteiger partial charge in [0.2, 0.25) is 5.91 Å². The number of carbonyl (C=O) groups excluding carboxylic acids is 2. The minimum Gasteiger partial charge on any atom is -0.340 e. The van der Waals surface area contributed by atoms with Gasteiger partial charge in [-0.05, 0) is 61.1 Å². The Labute approximate surface area is 201 Å². The van der Waals surface area contributed by atoms with Gasteiger partial charge in [0.25, 0.3) is 0 Å². The van der Waals surface area contributed by atoms with Crippen molar-refractivity contribution in [1.82, 2.24) is 20.9 Å². The number of hydrogen-bond donors (Lipinski definition) is 2. The molecule has 2 aliphatic rings. The Bertz CT molecular complexity index is 1060. The van der Waals surface area contributed by atoms with Crippen LogP contribution in [0.1, 0.15) is 46.5 Å². The Morgan fingerprint density at radius 3 is 2.38 bits per heavy atom. The topological polar surface area (TPSA) is 80.3 Å². The number of anilines is 1. The van der Waals surface area contributed by atoms with Gasteiger partial charge in [-0.2, -0.15) is 5.10 Å². The summed E-state index contributed by atoms with van der Waals surface area (Å²) >= 11 is 0. The van der Waals surface area contributed by atoms with E-state index in [9.17, 15) is 9.59 Å². The van der Waals surface area contributed by atoms with Crippen molar-refractivity contribution < 1.29 is 9.59 Å². The van der Waals surface area contributed by atoms with E-state index in [4.69, 9.17) is 0 Å². The van der Waals surface area contributed by atoms with Crippen LogP contribution >= 0.6 is 0 Å². The van der Waals surface area contributed by atoms with Gasteiger partial charge < -0.3 is 4.90 Å². The first-order valence-electron chi connectivity index (χ1n) is 12.0. The average Bonchev–Trinajstić information content (AvgIpc) is 3.39. The molecule has 0 unspecified atom stereocenters. The molecule has 2 aliphatic heterocycles. The Morgan fingerprint density at radius 1 is 1.03 bits per heavy atom. The normalized spacial score (nSPS) is 16.1. The van der Waals surface area contributed by atoms with Crippen molar-refractivity contribution >= 4 is 23.7 Å². The van der Waals surface area contributed by atoms with Gasteiger partial charge in [-0.3, -0.25) is 14.5 Å². The van der Waals surface area contributed by atoms with Gasteiger partial charge in [-0.1, -0.05) is 31.2 Å². The quantitative estimate of drug-likeness (QED) is 0.587. The lowest BCUT2D eigenvalue weighted by Gasteiger charge is -2.35. The van der Waals surface area contributed by atoms with Crippen LogP contribution in [0.25, 0.3) is 0 Å². The highest BCUT2D eigenvalue weighted by atomic mass is 16.2. The van der Waals surface area contributed by atoms with Crippen LogP contribution in [0.5, 0.6) is 0 Å². The van der Waals surface area contributed by atoms with Crippen LogP contribution in [0.4, 0.5) is 5.69 Å². The molecule has 2 N–H and O–H groups in total. The molecule has 1 fully saturated rings. The minimum atomic E-state index is 0.138. The average molecular weight is 463 g/mol. The van der Waals surface area contributed by atoms with E-state index in [1.165, 1.54) is 16.7 Å². The monoisotopic (exact) mass is 462 g/mol. The second-order valence-electron chi connectivity index (χ2n) is 8.94. The molecule has 2 heterocycles. The molecule has 0 aliphatic carbocycles. The fourth-order valence-electron chi connectivity index (χ4n) is 4.75. The largest absolute Gasteiger partial charge is 0.340 e. The fourth-order valence-corrected chi connectivity index (χ4v) is 4.75. The summed E-state index contributed by atoms with van der Waals surface area (Å²) in [6.45, 7) is 10.2. The highest BCUT2D eigenvalue weighted by Gasteiger charge is 2.21. The van der Waals surface area contributed by atoms with Gasteiger partial charge >= 0.3 is 0 Å². The van der Waals surface area contributed by atoms with Crippen LogP contribution in [0.3, 0.4) is 0 Å². The highest BCUT2D eigenvalue weighted by Crippen LogP contribution is 2.21. The number of nitrogens with zero attached hydrogens (tertiary/aromatic N) is 4. The molecule has 2 aromatic carbocycles. The van der Waals surface area contributed by atoms with E-state index in [2.05, 4.69) is 41.0 Å². The maximum atomic E-state index is 12.8. The molecule has 1 saturated heterocycles. The zero-order valence-corrected chi connectivity index (χ0v) is 20.3. The second-order valence-corrected chi connectivity index (χ2v) is 8.94. The highest BCUT2D eigenvalue weighted by molar-refractivity contribution is 5.96. The molecule has 0 aromatic heterocycles. The first kappa shape index (κ1) is 23.9. The molecule has 0 saturated carbocycles. The van der Waals surface area contributed by atoms with Crippen molar-refractivity contribution in [3.05, 3.63) is 64.2 Å². The molecule has 180 valence electrons.